The minimum Gasteiger partial charge on any atom is -0.309 e. The van der Waals surface area contributed by atoms with Gasteiger partial charge in [-0.15, -0.1) is 0 Å². The Morgan fingerprint density at radius 3 is 2.94 bits per heavy atom. The standard InChI is InChI=1S/C11H13BrFN3/c1-7(2)14-4-9-6-16-5-8(13)3-10(12)11(16)15-9/h3,5-7,14H,4H2,1-2H3. The topological polar surface area (TPSA) is 29.3 Å². The SMILES string of the molecule is CC(C)NCc1cn2cc(F)cc(Br)c2n1. The lowest BCUT2D eigenvalue weighted by atomic mass is 10.3. The molecule has 0 saturated heterocycles. The van der Waals surface area contributed by atoms with Crippen molar-refractivity contribution in [3.8, 4) is 0 Å². The zero-order chi connectivity index (χ0) is 11.7. The molecular weight excluding hydrogens is 273 g/mol. The monoisotopic (exact) mass is 285 g/mol. The summed E-state index contributed by atoms with van der Waals surface area (Å²) < 4.78 is 15.5. The van der Waals surface area contributed by atoms with Crippen LogP contribution in [0, 0.1) is 5.82 Å². The van der Waals surface area contributed by atoms with Gasteiger partial charge < -0.3 is 9.72 Å². The first-order valence-electron chi connectivity index (χ1n) is 5.12. The molecule has 0 spiro atoms. The second kappa shape index (κ2) is 4.51. The van der Waals surface area contributed by atoms with Gasteiger partial charge in [0.25, 0.3) is 0 Å². The molecule has 0 amide bonds. The molecule has 0 aliphatic carbocycles. The van der Waals surface area contributed by atoms with Gasteiger partial charge in [-0.25, -0.2) is 9.37 Å². The highest BCUT2D eigenvalue weighted by Gasteiger charge is 2.07. The van der Waals surface area contributed by atoms with Crippen LogP contribution in [0.25, 0.3) is 5.65 Å². The van der Waals surface area contributed by atoms with E-state index in [1.807, 2.05) is 6.20 Å². The smallest absolute Gasteiger partial charge is 0.151 e. The fourth-order valence-corrected chi connectivity index (χ4v) is 1.98. The average molecular weight is 286 g/mol. The molecule has 86 valence electrons. The van der Waals surface area contributed by atoms with Crippen molar-refractivity contribution in [2.75, 3.05) is 0 Å². The number of hydrogen-bond acceptors (Lipinski definition) is 2. The summed E-state index contributed by atoms with van der Waals surface area (Å²) in [5.41, 5.74) is 1.64. The molecule has 0 atom stereocenters. The largest absolute Gasteiger partial charge is 0.309 e. The molecule has 2 rings (SSSR count). The molecule has 0 radical (unpaired) electrons. The van der Waals surface area contributed by atoms with Gasteiger partial charge in [0.1, 0.15) is 5.82 Å². The van der Waals surface area contributed by atoms with Gasteiger partial charge in [0, 0.05) is 25.0 Å². The number of halogens is 2. The first kappa shape index (κ1) is 11.5. The molecule has 2 aromatic rings. The fourth-order valence-electron chi connectivity index (χ4n) is 1.47. The zero-order valence-corrected chi connectivity index (χ0v) is 10.8. The molecule has 16 heavy (non-hydrogen) atoms. The number of imidazole rings is 1. The maximum Gasteiger partial charge on any atom is 0.151 e. The molecular formula is C11H13BrFN3. The highest BCUT2D eigenvalue weighted by molar-refractivity contribution is 9.10. The van der Waals surface area contributed by atoms with Crippen LogP contribution < -0.4 is 5.32 Å². The zero-order valence-electron chi connectivity index (χ0n) is 9.17. The molecule has 1 N–H and O–H groups in total. The summed E-state index contributed by atoms with van der Waals surface area (Å²) in [7, 11) is 0. The van der Waals surface area contributed by atoms with Crippen LogP contribution in [0.4, 0.5) is 4.39 Å². The van der Waals surface area contributed by atoms with E-state index in [1.165, 1.54) is 12.3 Å². The molecule has 0 aliphatic heterocycles. The van der Waals surface area contributed by atoms with Gasteiger partial charge in [-0.3, -0.25) is 0 Å². The molecule has 0 bridgehead atoms. The van der Waals surface area contributed by atoms with E-state index >= 15 is 0 Å². The van der Waals surface area contributed by atoms with Crippen LogP contribution in [-0.2, 0) is 6.54 Å². The van der Waals surface area contributed by atoms with E-state index in [0.29, 0.717) is 17.1 Å². The van der Waals surface area contributed by atoms with E-state index < -0.39 is 0 Å². The molecule has 2 aromatic heterocycles. The number of pyridine rings is 1. The third-order valence-electron chi connectivity index (χ3n) is 2.21. The van der Waals surface area contributed by atoms with Crippen LogP contribution in [0.3, 0.4) is 0 Å². The normalized spacial score (nSPS) is 11.6. The molecule has 5 heteroatoms. The van der Waals surface area contributed by atoms with Crippen molar-refractivity contribution >= 4 is 21.6 Å². The summed E-state index contributed by atoms with van der Waals surface area (Å²) >= 11 is 3.30. The molecule has 0 aromatic carbocycles. The second-order valence-electron chi connectivity index (χ2n) is 4.00. The summed E-state index contributed by atoms with van der Waals surface area (Å²) in [5.74, 6) is -0.278. The van der Waals surface area contributed by atoms with Crippen molar-refractivity contribution in [1.82, 2.24) is 14.7 Å². The Morgan fingerprint density at radius 1 is 1.50 bits per heavy atom. The van der Waals surface area contributed by atoms with E-state index in [0.717, 1.165) is 11.3 Å². The molecule has 2 heterocycles. The summed E-state index contributed by atoms with van der Waals surface area (Å²) in [6, 6.07) is 1.83. The van der Waals surface area contributed by atoms with Crippen LogP contribution in [-0.4, -0.2) is 15.4 Å². The predicted molar refractivity (Wildman–Crippen MR) is 64.8 cm³/mol. The predicted octanol–water partition coefficient (Wildman–Crippen LogP) is 2.73. The summed E-state index contributed by atoms with van der Waals surface area (Å²) in [6.45, 7) is 4.84. The van der Waals surface area contributed by atoms with Crippen molar-refractivity contribution < 1.29 is 4.39 Å². The number of aromatic nitrogens is 2. The Bertz CT molecular complexity index is 507. The van der Waals surface area contributed by atoms with Gasteiger partial charge >= 0.3 is 0 Å². The number of rotatable bonds is 3. The quantitative estimate of drug-likeness (QED) is 0.940. The van der Waals surface area contributed by atoms with E-state index in [4.69, 9.17) is 0 Å². The lowest BCUT2D eigenvalue weighted by Gasteiger charge is -2.04. The van der Waals surface area contributed by atoms with Crippen molar-refractivity contribution in [1.29, 1.82) is 0 Å². The van der Waals surface area contributed by atoms with Crippen molar-refractivity contribution in [3.05, 3.63) is 34.4 Å². The maximum absolute atomic E-state index is 13.1. The maximum atomic E-state index is 13.1. The minimum atomic E-state index is -0.278. The molecule has 0 fully saturated rings. The van der Waals surface area contributed by atoms with Crippen molar-refractivity contribution in [2.45, 2.75) is 26.4 Å². The van der Waals surface area contributed by atoms with E-state index in [-0.39, 0.29) is 5.82 Å². The first-order valence-corrected chi connectivity index (χ1v) is 5.91. The fraction of sp³-hybridized carbons (Fsp3) is 0.364. The van der Waals surface area contributed by atoms with Crippen LogP contribution in [0.2, 0.25) is 0 Å². The first-order chi connectivity index (χ1) is 7.56. The Labute approximate surface area is 102 Å². The Hall–Kier alpha value is -0.940. The van der Waals surface area contributed by atoms with Gasteiger partial charge in [0.2, 0.25) is 0 Å². The third-order valence-corrected chi connectivity index (χ3v) is 2.80. The highest BCUT2D eigenvalue weighted by Crippen LogP contribution is 2.18. The highest BCUT2D eigenvalue weighted by atomic mass is 79.9. The summed E-state index contributed by atoms with van der Waals surface area (Å²) in [4.78, 5) is 4.41. The van der Waals surface area contributed by atoms with Crippen LogP contribution in [0.1, 0.15) is 19.5 Å². The Kier molecular flexibility index (Phi) is 3.25. The number of fused-ring (bicyclic) bond motifs is 1. The van der Waals surface area contributed by atoms with Crippen molar-refractivity contribution in [3.63, 3.8) is 0 Å². The van der Waals surface area contributed by atoms with Gasteiger partial charge in [0.05, 0.1) is 10.2 Å². The van der Waals surface area contributed by atoms with E-state index in [2.05, 4.69) is 40.1 Å². The van der Waals surface area contributed by atoms with E-state index in [1.54, 1.807) is 4.40 Å². The van der Waals surface area contributed by atoms with Gasteiger partial charge in [-0.1, -0.05) is 13.8 Å². The summed E-state index contributed by atoms with van der Waals surface area (Å²) in [6.07, 6.45) is 3.25. The molecule has 0 saturated carbocycles. The van der Waals surface area contributed by atoms with Crippen LogP contribution in [0.15, 0.2) is 22.9 Å². The third kappa shape index (κ3) is 2.41. The van der Waals surface area contributed by atoms with Gasteiger partial charge in [0.15, 0.2) is 5.65 Å². The molecule has 3 nitrogen and oxygen atoms in total. The van der Waals surface area contributed by atoms with Crippen LogP contribution >= 0.6 is 15.9 Å². The number of nitrogens with zero attached hydrogens (tertiary/aromatic N) is 2. The Morgan fingerprint density at radius 2 is 2.25 bits per heavy atom. The van der Waals surface area contributed by atoms with Crippen LogP contribution in [0.5, 0.6) is 0 Å². The van der Waals surface area contributed by atoms with Gasteiger partial charge in [-0.05, 0) is 22.0 Å². The van der Waals surface area contributed by atoms with Gasteiger partial charge in [-0.2, -0.15) is 0 Å². The van der Waals surface area contributed by atoms with Crippen molar-refractivity contribution in [2.24, 2.45) is 0 Å². The summed E-state index contributed by atoms with van der Waals surface area (Å²) in [5, 5.41) is 3.27. The Balaban J connectivity index is 2.33. The lowest BCUT2D eigenvalue weighted by molar-refractivity contribution is 0.583. The number of hydrogen-bond donors (Lipinski definition) is 1. The average Bonchev–Trinajstić information content (AvgIpc) is 2.57. The lowest BCUT2D eigenvalue weighted by Crippen LogP contribution is -2.21. The molecule has 0 aliphatic rings. The molecule has 0 unspecified atom stereocenters. The minimum absolute atomic E-state index is 0.278. The number of nitrogens with one attached hydrogen (secondary N) is 1. The second-order valence-corrected chi connectivity index (χ2v) is 4.86. The van der Waals surface area contributed by atoms with E-state index in [9.17, 15) is 4.39 Å².